The van der Waals surface area contributed by atoms with Crippen LogP contribution in [0.1, 0.15) is 73.8 Å². The first-order chi connectivity index (χ1) is 15.4. The smallest absolute Gasteiger partial charge is 0.435 e. The highest BCUT2D eigenvalue weighted by molar-refractivity contribution is 7.17. The zero-order valence-electron chi connectivity index (χ0n) is 18.7. The van der Waals surface area contributed by atoms with Gasteiger partial charge >= 0.3 is 12.3 Å². The van der Waals surface area contributed by atoms with Gasteiger partial charge in [-0.25, -0.2) is 9.78 Å². The SMILES string of the molecule is CC(C)(C)OC(=O)Nc1nc(C(F)(F)F)c(C(=O)NCC2(c3cccnc3)CCCCC2)s1. The van der Waals surface area contributed by atoms with Gasteiger partial charge in [0.15, 0.2) is 10.8 Å². The number of ether oxygens (including phenoxy) is 1. The van der Waals surface area contributed by atoms with E-state index in [0.29, 0.717) is 11.3 Å². The fraction of sp³-hybridized carbons (Fsp3) is 0.545. The molecule has 0 saturated heterocycles. The predicted molar refractivity (Wildman–Crippen MR) is 118 cm³/mol. The number of halogens is 3. The van der Waals surface area contributed by atoms with Crippen molar-refractivity contribution >= 4 is 28.5 Å². The Bertz CT molecular complexity index is 981. The molecule has 1 saturated carbocycles. The van der Waals surface area contributed by atoms with Crippen molar-refractivity contribution in [2.45, 2.75) is 70.1 Å². The number of carbonyl (C=O) groups excluding carboxylic acids is 2. The van der Waals surface area contributed by atoms with Crippen LogP contribution in [0.2, 0.25) is 0 Å². The van der Waals surface area contributed by atoms with E-state index in [-0.39, 0.29) is 17.1 Å². The van der Waals surface area contributed by atoms with Gasteiger partial charge in [0, 0.05) is 24.4 Å². The minimum absolute atomic E-state index is 0.182. The second-order valence-corrected chi connectivity index (χ2v) is 10.1. The molecule has 11 heteroatoms. The number of alkyl halides is 3. The number of nitrogens with zero attached hydrogens (tertiary/aromatic N) is 2. The Kier molecular flexibility index (Phi) is 7.30. The highest BCUT2D eigenvalue weighted by atomic mass is 32.1. The van der Waals surface area contributed by atoms with Crippen LogP contribution in [-0.2, 0) is 16.3 Å². The number of aromatic nitrogens is 2. The third kappa shape index (κ3) is 6.43. The number of carbonyl (C=O) groups is 2. The Morgan fingerprint density at radius 1 is 1.18 bits per heavy atom. The molecule has 1 aliphatic rings. The van der Waals surface area contributed by atoms with E-state index in [4.69, 9.17) is 4.74 Å². The number of hydrogen-bond acceptors (Lipinski definition) is 6. The van der Waals surface area contributed by atoms with Crippen molar-refractivity contribution in [1.29, 1.82) is 0 Å². The van der Waals surface area contributed by atoms with Crippen molar-refractivity contribution in [3.63, 3.8) is 0 Å². The molecule has 2 aromatic rings. The number of amides is 2. The Labute approximate surface area is 194 Å². The Hall–Kier alpha value is -2.69. The number of thiazole rings is 1. The summed E-state index contributed by atoms with van der Waals surface area (Å²) in [6, 6.07) is 3.74. The van der Waals surface area contributed by atoms with Crippen molar-refractivity contribution in [2.24, 2.45) is 0 Å². The average Bonchev–Trinajstić information content (AvgIpc) is 3.16. The molecule has 2 aromatic heterocycles. The standard InChI is InChI=1S/C22H27F3N4O3S/c1-20(2,3)32-19(31)29-18-28-16(22(23,24)25)15(33-18)17(30)27-13-21(9-5-4-6-10-21)14-8-7-11-26-12-14/h7-8,11-12H,4-6,9-10,13H2,1-3H3,(H,27,30)(H,28,29,31). The van der Waals surface area contributed by atoms with Crippen LogP contribution in [-0.4, -0.2) is 34.1 Å². The normalized spacial score (nSPS) is 16.2. The minimum Gasteiger partial charge on any atom is -0.444 e. The summed E-state index contributed by atoms with van der Waals surface area (Å²) < 4.78 is 45.8. The van der Waals surface area contributed by atoms with E-state index >= 15 is 0 Å². The van der Waals surface area contributed by atoms with Crippen molar-refractivity contribution in [3.8, 4) is 0 Å². The molecule has 0 aromatic carbocycles. The van der Waals surface area contributed by atoms with Crippen molar-refractivity contribution in [1.82, 2.24) is 15.3 Å². The number of pyridine rings is 1. The van der Waals surface area contributed by atoms with Crippen LogP contribution in [0.5, 0.6) is 0 Å². The first-order valence-corrected chi connectivity index (χ1v) is 11.5. The lowest BCUT2D eigenvalue weighted by Gasteiger charge is -2.37. The zero-order chi connectivity index (χ0) is 24.3. The Morgan fingerprint density at radius 2 is 1.88 bits per heavy atom. The van der Waals surface area contributed by atoms with E-state index in [1.807, 2.05) is 12.1 Å². The summed E-state index contributed by atoms with van der Waals surface area (Å²) in [6.07, 6.45) is 2.20. The van der Waals surface area contributed by atoms with Crippen LogP contribution < -0.4 is 10.6 Å². The summed E-state index contributed by atoms with van der Waals surface area (Å²) in [5.74, 6) is -0.883. The van der Waals surface area contributed by atoms with Crippen LogP contribution in [0.25, 0.3) is 0 Å². The van der Waals surface area contributed by atoms with Crippen LogP contribution >= 0.6 is 11.3 Å². The Balaban J connectivity index is 1.80. The van der Waals surface area contributed by atoms with Gasteiger partial charge in [0.25, 0.3) is 5.91 Å². The summed E-state index contributed by atoms with van der Waals surface area (Å²) in [6.45, 7) is 5.05. The molecule has 3 rings (SSSR count). The molecule has 0 atom stereocenters. The summed E-state index contributed by atoms with van der Waals surface area (Å²) in [7, 11) is 0. The quantitative estimate of drug-likeness (QED) is 0.582. The molecule has 1 fully saturated rings. The largest absolute Gasteiger partial charge is 0.444 e. The third-order valence-electron chi connectivity index (χ3n) is 5.38. The number of nitrogens with one attached hydrogen (secondary N) is 2. The van der Waals surface area contributed by atoms with Gasteiger partial charge in [0.05, 0.1) is 0 Å². The van der Waals surface area contributed by atoms with Gasteiger partial charge in [-0.3, -0.25) is 15.1 Å². The van der Waals surface area contributed by atoms with Crippen LogP contribution in [0, 0.1) is 0 Å². The topological polar surface area (TPSA) is 93.2 Å². The highest BCUT2D eigenvalue weighted by Crippen LogP contribution is 2.40. The second-order valence-electron chi connectivity index (χ2n) is 9.09. The van der Waals surface area contributed by atoms with Crippen molar-refractivity contribution in [3.05, 3.63) is 40.7 Å². The third-order valence-corrected chi connectivity index (χ3v) is 6.35. The first kappa shape index (κ1) is 24.9. The van der Waals surface area contributed by atoms with Crippen LogP contribution in [0.15, 0.2) is 24.5 Å². The molecule has 180 valence electrons. The van der Waals surface area contributed by atoms with Gasteiger partial charge in [-0.15, -0.1) is 0 Å². The molecule has 0 unspecified atom stereocenters. The number of anilines is 1. The average molecular weight is 485 g/mol. The molecule has 33 heavy (non-hydrogen) atoms. The van der Waals surface area contributed by atoms with Gasteiger partial charge in [-0.2, -0.15) is 13.2 Å². The lowest BCUT2D eigenvalue weighted by molar-refractivity contribution is -0.141. The van der Waals surface area contributed by atoms with Gasteiger partial charge in [0.1, 0.15) is 10.5 Å². The number of rotatable bonds is 5. The summed E-state index contributed by atoms with van der Waals surface area (Å²) in [5.41, 5.74) is -1.61. The monoisotopic (exact) mass is 484 g/mol. The van der Waals surface area contributed by atoms with Gasteiger partial charge in [0.2, 0.25) is 0 Å². The van der Waals surface area contributed by atoms with E-state index in [0.717, 1.165) is 37.7 Å². The molecule has 2 amide bonds. The second kappa shape index (κ2) is 9.66. The maximum Gasteiger partial charge on any atom is 0.435 e. The molecule has 7 nitrogen and oxygen atoms in total. The maximum atomic E-state index is 13.6. The molecule has 2 heterocycles. The van der Waals surface area contributed by atoms with Gasteiger partial charge in [-0.1, -0.05) is 36.7 Å². The summed E-state index contributed by atoms with van der Waals surface area (Å²) in [4.78, 5) is 31.8. The molecular formula is C22H27F3N4O3S. The fourth-order valence-corrected chi connectivity index (χ4v) is 4.80. The van der Waals surface area contributed by atoms with Crippen LogP contribution in [0.4, 0.5) is 23.1 Å². The maximum absolute atomic E-state index is 13.6. The molecule has 0 aliphatic heterocycles. The number of hydrogen-bond donors (Lipinski definition) is 2. The molecule has 2 N–H and O–H groups in total. The molecule has 1 aliphatic carbocycles. The summed E-state index contributed by atoms with van der Waals surface area (Å²) >= 11 is 0.463. The van der Waals surface area contributed by atoms with E-state index in [1.54, 1.807) is 33.2 Å². The van der Waals surface area contributed by atoms with Gasteiger partial charge in [-0.05, 0) is 45.2 Å². The molecule has 0 radical (unpaired) electrons. The lowest BCUT2D eigenvalue weighted by atomic mass is 9.70. The van der Waals surface area contributed by atoms with Crippen molar-refractivity contribution in [2.75, 3.05) is 11.9 Å². The lowest BCUT2D eigenvalue weighted by Crippen LogP contribution is -2.42. The van der Waals surface area contributed by atoms with E-state index in [9.17, 15) is 22.8 Å². The summed E-state index contributed by atoms with van der Waals surface area (Å²) in [5, 5.41) is 4.51. The van der Waals surface area contributed by atoms with E-state index in [1.165, 1.54) is 0 Å². The van der Waals surface area contributed by atoms with Gasteiger partial charge < -0.3 is 10.1 Å². The molecule has 0 bridgehead atoms. The first-order valence-electron chi connectivity index (χ1n) is 10.7. The van der Waals surface area contributed by atoms with Crippen molar-refractivity contribution < 1.29 is 27.5 Å². The predicted octanol–water partition coefficient (Wildman–Crippen LogP) is 5.54. The Morgan fingerprint density at radius 3 is 2.45 bits per heavy atom. The van der Waals surface area contributed by atoms with E-state index < -0.39 is 34.3 Å². The van der Waals surface area contributed by atoms with E-state index in [2.05, 4.69) is 20.6 Å². The molecule has 0 spiro atoms. The van der Waals surface area contributed by atoms with Crippen LogP contribution in [0.3, 0.4) is 0 Å². The fourth-order valence-electron chi connectivity index (χ4n) is 3.91. The zero-order valence-corrected chi connectivity index (χ0v) is 19.5. The minimum atomic E-state index is -4.86. The highest BCUT2D eigenvalue weighted by Gasteiger charge is 2.41. The molecular weight excluding hydrogens is 457 g/mol.